The van der Waals surface area contributed by atoms with E-state index in [1.54, 1.807) is 42.8 Å². The lowest BCUT2D eigenvalue weighted by molar-refractivity contribution is -0.146. The Kier molecular flexibility index (Phi) is 6.86. The monoisotopic (exact) mass is 331 g/mol. The second-order valence-corrected chi connectivity index (χ2v) is 6.34. The van der Waals surface area contributed by atoms with Crippen LogP contribution in [0.2, 0.25) is 0 Å². The highest BCUT2D eigenvalue weighted by Gasteiger charge is 2.45. The molecule has 0 aliphatic rings. The zero-order chi connectivity index (χ0) is 15.9. The molecule has 21 heavy (non-hydrogen) atoms. The van der Waals surface area contributed by atoms with Gasteiger partial charge in [0.05, 0.1) is 6.54 Å². The third-order valence-electron chi connectivity index (χ3n) is 2.66. The van der Waals surface area contributed by atoms with Gasteiger partial charge in [0.2, 0.25) is 6.10 Å². The molecule has 0 heterocycles. The van der Waals surface area contributed by atoms with Gasteiger partial charge < -0.3 is 14.9 Å². The average Bonchev–Trinajstić information content (AvgIpc) is 2.48. The van der Waals surface area contributed by atoms with Gasteiger partial charge in [-0.2, -0.15) is 0 Å². The molecule has 6 nitrogen and oxygen atoms in total. The number of nitrogens with one attached hydrogen (secondary N) is 1. The van der Waals surface area contributed by atoms with Crippen LogP contribution >= 0.6 is 23.5 Å². The van der Waals surface area contributed by atoms with Gasteiger partial charge in [-0.1, -0.05) is 18.2 Å². The van der Waals surface area contributed by atoms with Crippen molar-refractivity contribution in [3.63, 3.8) is 0 Å². The molecule has 0 aliphatic carbocycles. The Morgan fingerprint density at radius 1 is 1.24 bits per heavy atom. The normalized spacial score (nSPS) is 12.7. The quantitative estimate of drug-likeness (QED) is 0.587. The van der Waals surface area contributed by atoms with Gasteiger partial charge in [0.15, 0.2) is 4.20 Å². The standard InChI is InChI=1S/C13H17NO5S2/c1-20-13(21-2,14-8-10(15)16)11(12(17)18)19-9-6-4-3-5-7-9/h3-7,11,14H,8H2,1-2H3,(H,15,16)(H,17,18). The molecule has 1 unspecified atom stereocenters. The summed E-state index contributed by atoms with van der Waals surface area (Å²) in [6.07, 6.45) is 2.16. The predicted molar refractivity (Wildman–Crippen MR) is 83.9 cm³/mol. The molecule has 0 bridgehead atoms. The van der Waals surface area contributed by atoms with E-state index in [0.717, 1.165) is 0 Å². The molecule has 8 heteroatoms. The zero-order valence-corrected chi connectivity index (χ0v) is 13.2. The fourth-order valence-electron chi connectivity index (χ4n) is 1.66. The minimum absolute atomic E-state index is 0.358. The Morgan fingerprint density at radius 2 is 1.81 bits per heavy atom. The fourth-order valence-corrected chi connectivity index (χ4v) is 3.48. The van der Waals surface area contributed by atoms with Gasteiger partial charge in [0.1, 0.15) is 5.75 Å². The van der Waals surface area contributed by atoms with Crippen LogP contribution in [0.4, 0.5) is 0 Å². The highest BCUT2D eigenvalue weighted by molar-refractivity contribution is 8.17. The van der Waals surface area contributed by atoms with E-state index in [4.69, 9.17) is 9.84 Å². The third kappa shape index (κ3) is 4.83. The van der Waals surface area contributed by atoms with Crippen molar-refractivity contribution in [2.45, 2.75) is 10.3 Å². The number of carbonyl (C=O) groups is 2. The summed E-state index contributed by atoms with van der Waals surface area (Å²) in [4.78, 5) is 22.3. The number of carboxylic acid groups (broad SMARTS) is 2. The second kappa shape index (κ2) is 8.16. The average molecular weight is 331 g/mol. The SMILES string of the molecule is CSC(NCC(=O)O)(SC)C(Oc1ccccc1)C(=O)O. The van der Waals surface area contributed by atoms with Gasteiger partial charge >= 0.3 is 11.9 Å². The Hall–Kier alpha value is -1.38. The van der Waals surface area contributed by atoms with E-state index < -0.39 is 22.2 Å². The van der Waals surface area contributed by atoms with Crippen molar-refractivity contribution in [2.24, 2.45) is 0 Å². The maximum atomic E-state index is 11.6. The lowest BCUT2D eigenvalue weighted by atomic mass is 10.3. The van der Waals surface area contributed by atoms with E-state index in [1.165, 1.54) is 23.5 Å². The Labute approximate surface area is 131 Å². The third-order valence-corrected chi connectivity index (χ3v) is 5.59. The summed E-state index contributed by atoms with van der Waals surface area (Å²) >= 11 is 2.40. The van der Waals surface area contributed by atoms with E-state index in [-0.39, 0.29) is 6.54 Å². The van der Waals surface area contributed by atoms with Crippen LogP contribution in [-0.2, 0) is 9.59 Å². The molecule has 0 fully saturated rings. The highest BCUT2D eigenvalue weighted by atomic mass is 32.2. The highest BCUT2D eigenvalue weighted by Crippen LogP contribution is 2.36. The van der Waals surface area contributed by atoms with E-state index in [9.17, 15) is 14.7 Å². The molecule has 1 atom stereocenters. The molecule has 1 rings (SSSR count). The number of rotatable bonds is 9. The number of aliphatic carboxylic acids is 2. The van der Waals surface area contributed by atoms with Crippen molar-refractivity contribution < 1.29 is 24.5 Å². The van der Waals surface area contributed by atoms with Crippen molar-refractivity contribution in [1.29, 1.82) is 0 Å². The van der Waals surface area contributed by atoms with Crippen molar-refractivity contribution >= 4 is 35.5 Å². The molecule has 0 radical (unpaired) electrons. The maximum Gasteiger partial charge on any atom is 0.348 e. The largest absolute Gasteiger partial charge is 0.480 e. The van der Waals surface area contributed by atoms with Gasteiger partial charge in [0.25, 0.3) is 0 Å². The zero-order valence-electron chi connectivity index (χ0n) is 11.6. The number of hydrogen-bond donors (Lipinski definition) is 3. The van der Waals surface area contributed by atoms with Gasteiger partial charge in [0, 0.05) is 0 Å². The molecule has 116 valence electrons. The fraction of sp³-hybridized carbons (Fsp3) is 0.385. The first-order valence-electron chi connectivity index (χ1n) is 5.97. The van der Waals surface area contributed by atoms with Crippen LogP contribution in [0.5, 0.6) is 5.75 Å². The lowest BCUT2D eigenvalue weighted by Gasteiger charge is -2.35. The molecule has 0 saturated heterocycles. The van der Waals surface area contributed by atoms with Crippen LogP contribution in [0.1, 0.15) is 0 Å². The number of hydrogen-bond acceptors (Lipinski definition) is 6. The molecule has 0 aromatic heterocycles. The first kappa shape index (κ1) is 17.7. The van der Waals surface area contributed by atoms with Gasteiger partial charge in [-0.15, -0.1) is 23.5 Å². The lowest BCUT2D eigenvalue weighted by Crippen LogP contribution is -2.56. The summed E-state index contributed by atoms with van der Waals surface area (Å²) in [5.41, 5.74) is 0. The van der Waals surface area contributed by atoms with E-state index in [0.29, 0.717) is 5.75 Å². The second-order valence-electron chi connectivity index (χ2n) is 3.97. The van der Waals surface area contributed by atoms with Crippen LogP contribution < -0.4 is 10.1 Å². The summed E-state index contributed by atoms with van der Waals surface area (Å²) in [6.45, 7) is -0.358. The topological polar surface area (TPSA) is 95.9 Å². The summed E-state index contributed by atoms with van der Waals surface area (Å²) < 4.78 is 4.45. The molecule has 0 spiro atoms. The van der Waals surface area contributed by atoms with Crippen molar-refractivity contribution in [1.82, 2.24) is 5.32 Å². The van der Waals surface area contributed by atoms with Crippen LogP contribution in [0, 0.1) is 0 Å². The summed E-state index contributed by atoms with van der Waals surface area (Å²) in [5, 5.41) is 21.0. The number of benzene rings is 1. The van der Waals surface area contributed by atoms with Gasteiger partial charge in [-0.25, -0.2) is 4.79 Å². The number of carboxylic acids is 2. The first-order valence-corrected chi connectivity index (χ1v) is 8.41. The smallest absolute Gasteiger partial charge is 0.348 e. The number of para-hydroxylation sites is 1. The van der Waals surface area contributed by atoms with Crippen LogP contribution in [0.3, 0.4) is 0 Å². The van der Waals surface area contributed by atoms with Crippen molar-refractivity contribution in [2.75, 3.05) is 19.1 Å². The molecule has 0 saturated carbocycles. The van der Waals surface area contributed by atoms with Crippen LogP contribution in [-0.4, -0.2) is 51.5 Å². The Morgan fingerprint density at radius 3 is 2.24 bits per heavy atom. The number of thioether (sulfide) groups is 2. The minimum atomic E-state index is -1.25. The van der Waals surface area contributed by atoms with Crippen LogP contribution in [0.15, 0.2) is 30.3 Å². The minimum Gasteiger partial charge on any atom is -0.480 e. The van der Waals surface area contributed by atoms with E-state index in [2.05, 4.69) is 5.32 Å². The molecular formula is C13H17NO5S2. The number of ether oxygens (including phenoxy) is 1. The summed E-state index contributed by atoms with van der Waals surface area (Å²) in [6, 6.07) is 8.57. The Bertz CT molecular complexity index is 479. The predicted octanol–water partition coefficient (Wildman–Crippen LogP) is 1.57. The molecule has 3 N–H and O–H groups in total. The van der Waals surface area contributed by atoms with E-state index >= 15 is 0 Å². The first-order chi connectivity index (χ1) is 9.95. The molecule has 1 aromatic carbocycles. The maximum absolute atomic E-state index is 11.6. The van der Waals surface area contributed by atoms with Gasteiger partial charge in [-0.3, -0.25) is 10.1 Å². The molecular weight excluding hydrogens is 314 g/mol. The molecule has 1 aromatic rings. The van der Waals surface area contributed by atoms with Crippen molar-refractivity contribution in [3.05, 3.63) is 30.3 Å². The van der Waals surface area contributed by atoms with Crippen molar-refractivity contribution in [3.8, 4) is 5.75 Å². The Balaban J connectivity index is 3.02. The van der Waals surface area contributed by atoms with Gasteiger partial charge in [-0.05, 0) is 24.6 Å². The van der Waals surface area contributed by atoms with Crippen LogP contribution in [0.25, 0.3) is 0 Å². The summed E-state index contributed by atoms with van der Waals surface area (Å²) in [7, 11) is 0. The molecule has 0 aliphatic heterocycles. The molecule has 0 amide bonds. The summed E-state index contributed by atoms with van der Waals surface area (Å²) in [5.74, 6) is -1.82. The van der Waals surface area contributed by atoms with E-state index in [1.807, 2.05) is 0 Å².